The van der Waals surface area contributed by atoms with Gasteiger partial charge in [0.1, 0.15) is 0 Å². The minimum atomic E-state index is 0.622. The van der Waals surface area contributed by atoms with E-state index in [9.17, 15) is 0 Å². The lowest BCUT2D eigenvalue weighted by Gasteiger charge is -2.11. The second kappa shape index (κ2) is 7.84. The van der Waals surface area contributed by atoms with Crippen LogP contribution < -0.4 is 11.3 Å². The molecule has 0 aliphatic carbocycles. The lowest BCUT2D eigenvalue weighted by Crippen LogP contribution is -2.20. The molecule has 4 heteroatoms. The molecule has 0 amide bonds. The molecule has 0 saturated heterocycles. The van der Waals surface area contributed by atoms with Crippen LogP contribution >= 0.6 is 0 Å². The van der Waals surface area contributed by atoms with Gasteiger partial charge in [-0.1, -0.05) is 66.7 Å². The molecule has 0 aliphatic heterocycles. The summed E-state index contributed by atoms with van der Waals surface area (Å²) in [6.45, 7) is 0.622. The number of fused-ring (bicyclic) bond motifs is 6. The Bertz CT molecular complexity index is 1860. The minimum Gasteiger partial charge on any atom is -0.309 e. The number of nitrogens with zero attached hydrogens (tertiary/aromatic N) is 2. The third-order valence-corrected chi connectivity index (χ3v) is 6.96. The van der Waals surface area contributed by atoms with Gasteiger partial charge in [-0.05, 0) is 54.1 Å². The zero-order chi connectivity index (χ0) is 23.4. The summed E-state index contributed by atoms with van der Waals surface area (Å²) in [4.78, 5) is 0. The molecule has 0 unspecified atom stereocenters. The van der Waals surface area contributed by atoms with Gasteiger partial charge in [0, 0.05) is 39.5 Å². The molecule has 7 aromatic rings. The molecule has 4 nitrogen and oxygen atoms in total. The summed E-state index contributed by atoms with van der Waals surface area (Å²) in [5.74, 6) is 5.62. The van der Waals surface area contributed by atoms with Crippen LogP contribution in [0.1, 0.15) is 5.56 Å². The Balaban J connectivity index is 1.64. The molecule has 0 saturated carbocycles. The summed E-state index contributed by atoms with van der Waals surface area (Å²) in [6, 6.07) is 41.3. The first kappa shape index (κ1) is 20.0. The van der Waals surface area contributed by atoms with Crippen LogP contribution in [-0.2, 0) is 6.54 Å². The van der Waals surface area contributed by atoms with E-state index in [2.05, 4.69) is 130 Å². The summed E-state index contributed by atoms with van der Waals surface area (Å²) in [5, 5.41) is 5.04. The fourth-order valence-corrected chi connectivity index (χ4v) is 5.49. The SMILES string of the molecule is NNCc1cccc(-n2c3ccccc3c3cc4c5ccccc5n(-c5ccccc5)c4cc32)c1. The van der Waals surface area contributed by atoms with E-state index in [-0.39, 0.29) is 0 Å². The summed E-state index contributed by atoms with van der Waals surface area (Å²) in [6.07, 6.45) is 0. The van der Waals surface area contributed by atoms with Crippen molar-refractivity contribution in [3.05, 3.63) is 121 Å². The fourth-order valence-electron chi connectivity index (χ4n) is 5.49. The van der Waals surface area contributed by atoms with Crippen LogP contribution in [0.5, 0.6) is 0 Å². The Kier molecular flexibility index (Phi) is 4.49. The maximum absolute atomic E-state index is 5.62. The lowest BCUT2D eigenvalue weighted by molar-refractivity contribution is 0.741. The number of para-hydroxylation sites is 3. The van der Waals surface area contributed by atoms with Gasteiger partial charge in [-0.25, -0.2) is 0 Å². The Hall–Kier alpha value is -4.38. The number of benzene rings is 5. The van der Waals surface area contributed by atoms with Crippen molar-refractivity contribution in [2.45, 2.75) is 6.54 Å². The number of hydrogen-bond acceptors (Lipinski definition) is 2. The molecule has 3 N–H and O–H groups in total. The van der Waals surface area contributed by atoms with E-state index >= 15 is 0 Å². The van der Waals surface area contributed by atoms with Gasteiger partial charge in [0.15, 0.2) is 0 Å². The molecule has 0 spiro atoms. The first-order valence-electron chi connectivity index (χ1n) is 11.9. The molecule has 5 aromatic carbocycles. The van der Waals surface area contributed by atoms with Crippen molar-refractivity contribution in [1.82, 2.24) is 14.6 Å². The highest BCUT2D eigenvalue weighted by molar-refractivity contribution is 6.19. The number of hydrogen-bond donors (Lipinski definition) is 2. The zero-order valence-corrected chi connectivity index (χ0v) is 19.1. The van der Waals surface area contributed by atoms with Crippen LogP contribution in [0.4, 0.5) is 0 Å². The summed E-state index contributed by atoms with van der Waals surface area (Å²) >= 11 is 0. The van der Waals surface area contributed by atoms with Crippen LogP contribution in [-0.4, -0.2) is 9.13 Å². The van der Waals surface area contributed by atoms with Gasteiger partial charge in [0.25, 0.3) is 0 Å². The van der Waals surface area contributed by atoms with Gasteiger partial charge >= 0.3 is 0 Å². The average molecular weight is 453 g/mol. The van der Waals surface area contributed by atoms with E-state index < -0.39 is 0 Å². The Labute approximate surface area is 202 Å². The number of hydrazine groups is 1. The fraction of sp³-hybridized carbons (Fsp3) is 0.0323. The topological polar surface area (TPSA) is 47.9 Å². The van der Waals surface area contributed by atoms with Crippen LogP contribution in [0.25, 0.3) is 55.0 Å². The standard InChI is InChI=1S/C31H24N4/c32-33-20-21-9-8-12-23(17-21)35-29-16-7-5-14-25(29)27-18-26-24-13-4-6-15-28(24)34(30(26)19-31(27)35)22-10-2-1-3-11-22/h1-19,33H,20,32H2. The smallest absolute Gasteiger partial charge is 0.0562 e. The molecular formula is C31H24N4. The average Bonchev–Trinajstić information content (AvgIpc) is 3.40. The second-order valence-electron chi connectivity index (χ2n) is 8.98. The maximum atomic E-state index is 5.62. The first-order valence-corrected chi connectivity index (χ1v) is 11.9. The second-order valence-corrected chi connectivity index (χ2v) is 8.98. The van der Waals surface area contributed by atoms with E-state index in [1.165, 1.54) is 43.6 Å². The van der Waals surface area contributed by atoms with Crippen molar-refractivity contribution in [2.24, 2.45) is 5.84 Å². The minimum absolute atomic E-state index is 0.622. The molecule has 0 bridgehead atoms. The Morgan fingerprint density at radius 1 is 0.486 bits per heavy atom. The molecule has 0 atom stereocenters. The quantitative estimate of drug-likeness (QED) is 0.227. The molecular weight excluding hydrogens is 428 g/mol. The number of nitrogens with one attached hydrogen (secondary N) is 1. The molecule has 168 valence electrons. The van der Waals surface area contributed by atoms with E-state index in [1.54, 1.807) is 0 Å². The van der Waals surface area contributed by atoms with E-state index in [0.29, 0.717) is 6.54 Å². The van der Waals surface area contributed by atoms with Crippen molar-refractivity contribution in [2.75, 3.05) is 0 Å². The number of rotatable bonds is 4. The highest BCUT2D eigenvalue weighted by atomic mass is 15.2. The van der Waals surface area contributed by atoms with Gasteiger partial charge in [0.2, 0.25) is 0 Å². The molecule has 0 fully saturated rings. The molecule has 2 aromatic heterocycles. The number of nitrogens with two attached hydrogens (primary N) is 1. The highest BCUT2D eigenvalue weighted by Crippen LogP contribution is 2.39. The molecule has 7 rings (SSSR count). The van der Waals surface area contributed by atoms with Crippen LogP contribution in [0, 0.1) is 0 Å². The van der Waals surface area contributed by atoms with Crippen molar-refractivity contribution < 1.29 is 0 Å². The van der Waals surface area contributed by atoms with Crippen molar-refractivity contribution in [1.29, 1.82) is 0 Å². The van der Waals surface area contributed by atoms with Crippen LogP contribution in [0.2, 0.25) is 0 Å². The largest absolute Gasteiger partial charge is 0.309 e. The molecule has 35 heavy (non-hydrogen) atoms. The predicted octanol–water partition coefficient (Wildman–Crippen LogP) is 6.84. The maximum Gasteiger partial charge on any atom is 0.0562 e. The van der Waals surface area contributed by atoms with Crippen molar-refractivity contribution in [3.63, 3.8) is 0 Å². The van der Waals surface area contributed by atoms with E-state index in [1.807, 2.05) is 0 Å². The van der Waals surface area contributed by atoms with E-state index in [4.69, 9.17) is 5.84 Å². The monoisotopic (exact) mass is 452 g/mol. The van der Waals surface area contributed by atoms with Gasteiger partial charge in [-0.2, -0.15) is 0 Å². The molecule has 0 radical (unpaired) electrons. The van der Waals surface area contributed by atoms with E-state index in [0.717, 1.165) is 16.9 Å². The van der Waals surface area contributed by atoms with Gasteiger partial charge in [0.05, 0.1) is 22.1 Å². The summed E-state index contributed by atoms with van der Waals surface area (Å²) < 4.78 is 4.75. The lowest BCUT2D eigenvalue weighted by atomic mass is 10.1. The highest BCUT2D eigenvalue weighted by Gasteiger charge is 2.18. The predicted molar refractivity (Wildman–Crippen MR) is 146 cm³/mol. The first-order chi connectivity index (χ1) is 17.3. The molecule has 2 heterocycles. The third-order valence-electron chi connectivity index (χ3n) is 6.96. The normalized spacial score (nSPS) is 11.8. The van der Waals surface area contributed by atoms with Crippen LogP contribution in [0.3, 0.4) is 0 Å². The molecule has 0 aliphatic rings. The Morgan fingerprint density at radius 2 is 1.06 bits per heavy atom. The summed E-state index contributed by atoms with van der Waals surface area (Å²) in [7, 11) is 0. The van der Waals surface area contributed by atoms with Crippen molar-refractivity contribution in [3.8, 4) is 11.4 Å². The zero-order valence-electron chi connectivity index (χ0n) is 19.1. The van der Waals surface area contributed by atoms with Crippen LogP contribution in [0.15, 0.2) is 115 Å². The third kappa shape index (κ3) is 3.01. The number of aromatic nitrogens is 2. The summed E-state index contributed by atoms with van der Waals surface area (Å²) in [5.41, 5.74) is 11.0. The van der Waals surface area contributed by atoms with Gasteiger partial charge < -0.3 is 9.13 Å². The Morgan fingerprint density at radius 3 is 1.71 bits per heavy atom. The van der Waals surface area contributed by atoms with Crippen molar-refractivity contribution >= 4 is 43.6 Å². The van der Waals surface area contributed by atoms with Gasteiger partial charge in [-0.3, -0.25) is 11.3 Å². The van der Waals surface area contributed by atoms with Gasteiger partial charge in [-0.15, -0.1) is 0 Å².